The van der Waals surface area contributed by atoms with Crippen LogP contribution < -0.4 is 4.74 Å². The van der Waals surface area contributed by atoms with Crippen molar-refractivity contribution in [2.24, 2.45) is 0 Å². The highest BCUT2D eigenvalue weighted by atomic mass is 19.3. The van der Waals surface area contributed by atoms with Crippen molar-refractivity contribution in [1.29, 1.82) is 0 Å². The van der Waals surface area contributed by atoms with Crippen LogP contribution in [0.25, 0.3) is 0 Å². The second kappa shape index (κ2) is 9.29. The molecular weight excluding hydrogens is 264 g/mol. The molecule has 0 saturated carbocycles. The highest BCUT2D eigenvalue weighted by Crippen LogP contribution is 2.12. The standard InChI is InChI=1S/C15H19F2NO2/c1-18(12-15(16)17)8-10-20-14-7-4-6-13(11-14)5-2-3-9-19/h4,6-7,11,15,19H,3,8-10,12H2,1H3. The minimum absolute atomic E-state index is 0.0413. The van der Waals surface area contributed by atoms with Gasteiger partial charge in [0.15, 0.2) is 0 Å². The summed E-state index contributed by atoms with van der Waals surface area (Å²) in [4.78, 5) is 1.52. The average molecular weight is 283 g/mol. The number of likely N-dealkylation sites (N-methyl/N-ethyl adjacent to an activating group) is 1. The highest BCUT2D eigenvalue weighted by molar-refractivity contribution is 5.39. The maximum atomic E-state index is 12.1. The number of nitrogens with zero attached hydrogens (tertiary/aromatic N) is 1. The molecule has 0 fully saturated rings. The predicted octanol–water partition coefficient (Wildman–Crippen LogP) is 2.00. The molecule has 1 rings (SSSR count). The number of ether oxygens (including phenoxy) is 1. The number of hydrogen-bond donors (Lipinski definition) is 1. The van der Waals surface area contributed by atoms with Gasteiger partial charge in [-0.15, -0.1) is 0 Å². The largest absolute Gasteiger partial charge is 0.492 e. The molecule has 0 spiro atoms. The van der Waals surface area contributed by atoms with Crippen LogP contribution in [0.4, 0.5) is 8.78 Å². The first-order valence-corrected chi connectivity index (χ1v) is 6.41. The van der Waals surface area contributed by atoms with Crippen LogP contribution in [0.5, 0.6) is 5.75 Å². The minimum Gasteiger partial charge on any atom is -0.492 e. The van der Waals surface area contributed by atoms with Crippen molar-refractivity contribution in [2.75, 3.05) is 33.4 Å². The first-order valence-electron chi connectivity index (χ1n) is 6.41. The van der Waals surface area contributed by atoms with Crippen LogP contribution in [0.15, 0.2) is 24.3 Å². The van der Waals surface area contributed by atoms with E-state index in [0.29, 0.717) is 25.3 Å². The van der Waals surface area contributed by atoms with Crippen LogP contribution in [0.2, 0.25) is 0 Å². The summed E-state index contributed by atoms with van der Waals surface area (Å²) in [5.41, 5.74) is 0.803. The molecule has 0 radical (unpaired) electrons. The molecule has 0 unspecified atom stereocenters. The smallest absolute Gasteiger partial charge is 0.251 e. The van der Waals surface area contributed by atoms with Crippen molar-refractivity contribution >= 4 is 0 Å². The molecule has 0 amide bonds. The third-order valence-corrected chi connectivity index (χ3v) is 2.49. The Kier molecular flexibility index (Phi) is 7.63. The topological polar surface area (TPSA) is 32.7 Å². The zero-order valence-electron chi connectivity index (χ0n) is 11.5. The van der Waals surface area contributed by atoms with Crippen LogP contribution >= 0.6 is 0 Å². The van der Waals surface area contributed by atoms with E-state index in [2.05, 4.69) is 11.8 Å². The molecule has 1 aromatic rings. The second-order valence-corrected chi connectivity index (χ2v) is 4.31. The predicted molar refractivity (Wildman–Crippen MR) is 74.0 cm³/mol. The van der Waals surface area contributed by atoms with Crippen LogP contribution in [-0.4, -0.2) is 49.8 Å². The number of aliphatic hydroxyl groups excluding tert-OH is 1. The van der Waals surface area contributed by atoms with Crippen LogP contribution in [0.3, 0.4) is 0 Å². The molecule has 0 heterocycles. The summed E-state index contributed by atoms with van der Waals surface area (Å²) < 4.78 is 29.7. The van der Waals surface area contributed by atoms with E-state index in [9.17, 15) is 8.78 Å². The van der Waals surface area contributed by atoms with Gasteiger partial charge in [0.05, 0.1) is 13.2 Å². The molecule has 110 valence electrons. The number of rotatable bonds is 7. The van der Waals surface area contributed by atoms with Crippen molar-refractivity contribution < 1.29 is 18.6 Å². The van der Waals surface area contributed by atoms with Crippen molar-refractivity contribution in [1.82, 2.24) is 4.90 Å². The first kappa shape index (κ1) is 16.4. The van der Waals surface area contributed by atoms with Gasteiger partial charge in [-0.25, -0.2) is 8.78 Å². The normalized spacial score (nSPS) is 10.5. The molecule has 0 bridgehead atoms. The van der Waals surface area contributed by atoms with E-state index >= 15 is 0 Å². The summed E-state index contributed by atoms with van der Waals surface area (Å²) >= 11 is 0. The van der Waals surface area contributed by atoms with E-state index in [1.807, 2.05) is 12.1 Å². The molecule has 0 aromatic heterocycles. The molecule has 5 heteroatoms. The Morgan fingerprint density at radius 3 is 2.90 bits per heavy atom. The van der Waals surface area contributed by atoms with Gasteiger partial charge in [0.25, 0.3) is 6.43 Å². The Hall–Kier alpha value is -1.64. The van der Waals surface area contributed by atoms with Crippen molar-refractivity contribution in [2.45, 2.75) is 12.8 Å². The van der Waals surface area contributed by atoms with Gasteiger partial charge >= 0.3 is 0 Å². The summed E-state index contributed by atoms with van der Waals surface area (Å²) in [6, 6.07) is 7.25. The van der Waals surface area contributed by atoms with Gasteiger partial charge in [0, 0.05) is 18.5 Å². The SMILES string of the molecule is CN(CCOc1cccc(C#CCCO)c1)CC(F)F. The van der Waals surface area contributed by atoms with Gasteiger partial charge < -0.3 is 9.84 Å². The van der Waals surface area contributed by atoms with Crippen molar-refractivity contribution in [3.05, 3.63) is 29.8 Å². The summed E-state index contributed by atoms with van der Waals surface area (Å²) in [6.07, 6.45) is -1.89. The maximum Gasteiger partial charge on any atom is 0.251 e. The number of benzene rings is 1. The van der Waals surface area contributed by atoms with Crippen molar-refractivity contribution in [3.8, 4) is 17.6 Å². The van der Waals surface area contributed by atoms with E-state index in [0.717, 1.165) is 5.56 Å². The summed E-state index contributed by atoms with van der Waals surface area (Å²) in [5.74, 6) is 6.40. The van der Waals surface area contributed by atoms with Gasteiger partial charge in [0.1, 0.15) is 12.4 Å². The van der Waals surface area contributed by atoms with E-state index in [1.54, 1.807) is 19.2 Å². The Balaban J connectivity index is 2.41. The first-order chi connectivity index (χ1) is 9.61. The highest BCUT2D eigenvalue weighted by Gasteiger charge is 2.07. The molecule has 0 aliphatic rings. The van der Waals surface area contributed by atoms with Gasteiger partial charge in [0.2, 0.25) is 0 Å². The maximum absolute atomic E-state index is 12.1. The fraction of sp³-hybridized carbons (Fsp3) is 0.467. The summed E-state index contributed by atoms with van der Waals surface area (Å²) in [6.45, 7) is 0.567. The average Bonchev–Trinajstić information content (AvgIpc) is 2.39. The molecule has 0 atom stereocenters. The Morgan fingerprint density at radius 1 is 1.40 bits per heavy atom. The fourth-order valence-electron chi connectivity index (χ4n) is 1.53. The van der Waals surface area contributed by atoms with Gasteiger partial charge in [-0.1, -0.05) is 17.9 Å². The van der Waals surface area contributed by atoms with E-state index in [4.69, 9.17) is 9.84 Å². The molecule has 0 aliphatic heterocycles. The Bertz CT molecular complexity index is 455. The fourth-order valence-corrected chi connectivity index (χ4v) is 1.53. The molecule has 0 saturated heterocycles. The molecular formula is C15H19F2NO2. The van der Waals surface area contributed by atoms with Crippen LogP contribution in [0, 0.1) is 11.8 Å². The monoisotopic (exact) mass is 283 g/mol. The molecule has 1 N–H and O–H groups in total. The summed E-state index contributed by atoms with van der Waals surface area (Å²) in [5, 5.41) is 8.64. The van der Waals surface area contributed by atoms with E-state index in [1.165, 1.54) is 4.90 Å². The number of alkyl halides is 2. The quantitative estimate of drug-likeness (QED) is 0.777. The molecule has 3 nitrogen and oxygen atoms in total. The zero-order chi connectivity index (χ0) is 14.8. The number of aliphatic hydroxyl groups is 1. The lowest BCUT2D eigenvalue weighted by molar-refractivity contribution is 0.0935. The Morgan fingerprint density at radius 2 is 2.20 bits per heavy atom. The lowest BCUT2D eigenvalue weighted by atomic mass is 10.2. The van der Waals surface area contributed by atoms with E-state index < -0.39 is 6.43 Å². The number of hydrogen-bond acceptors (Lipinski definition) is 3. The molecule has 1 aromatic carbocycles. The molecule has 0 aliphatic carbocycles. The molecule has 20 heavy (non-hydrogen) atoms. The van der Waals surface area contributed by atoms with Gasteiger partial charge in [-0.2, -0.15) is 0 Å². The second-order valence-electron chi connectivity index (χ2n) is 4.31. The van der Waals surface area contributed by atoms with Crippen molar-refractivity contribution in [3.63, 3.8) is 0 Å². The lowest BCUT2D eigenvalue weighted by Gasteiger charge is -2.16. The zero-order valence-corrected chi connectivity index (χ0v) is 11.5. The van der Waals surface area contributed by atoms with E-state index in [-0.39, 0.29) is 13.2 Å². The van der Waals surface area contributed by atoms with Gasteiger partial charge in [-0.3, -0.25) is 4.90 Å². The third-order valence-electron chi connectivity index (χ3n) is 2.49. The lowest BCUT2D eigenvalue weighted by Crippen LogP contribution is -2.28. The van der Waals surface area contributed by atoms with Gasteiger partial charge in [-0.05, 0) is 25.2 Å². The Labute approximate surface area is 118 Å². The van der Waals surface area contributed by atoms with Crippen LogP contribution in [-0.2, 0) is 0 Å². The summed E-state index contributed by atoms with van der Waals surface area (Å²) in [7, 11) is 1.63. The van der Waals surface area contributed by atoms with Crippen LogP contribution in [0.1, 0.15) is 12.0 Å². The number of halogens is 2. The minimum atomic E-state index is -2.33. The third kappa shape index (κ3) is 7.07.